The van der Waals surface area contributed by atoms with Crippen molar-refractivity contribution in [1.29, 1.82) is 0 Å². The van der Waals surface area contributed by atoms with Crippen LogP contribution < -0.4 is 10.6 Å². The summed E-state index contributed by atoms with van der Waals surface area (Å²) in [5, 5.41) is 8.41. The second-order valence-corrected chi connectivity index (χ2v) is 8.84. The summed E-state index contributed by atoms with van der Waals surface area (Å²) >= 11 is 14.7. The quantitative estimate of drug-likeness (QED) is 0.463. The second-order valence-electron chi connectivity index (χ2n) is 5.69. The third kappa shape index (κ3) is 5.48. The number of thioether (sulfide) groups is 1. The van der Waals surface area contributed by atoms with E-state index in [4.69, 9.17) is 23.2 Å². The zero-order valence-electron chi connectivity index (χ0n) is 14.6. The van der Waals surface area contributed by atoms with Gasteiger partial charge in [0.05, 0.1) is 15.8 Å². The number of nitrogens with zero attached hydrogens (tertiary/aromatic N) is 1. The van der Waals surface area contributed by atoms with Crippen LogP contribution >= 0.6 is 46.3 Å². The van der Waals surface area contributed by atoms with Gasteiger partial charge >= 0.3 is 0 Å². The van der Waals surface area contributed by atoms with Gasteiger partial charge in [-0.25, -0.2) is 4.98 Å². The first-order valence-electron chi connectivity index (χ1n) is 8.16. The highest BCUT2D eigenvalue weighted by atomic mass is 35.5. The maximum absolute atomic E-state index is 12.3. The van der Waals surface area contributed by atoms with Crippen molar-refractivity contribution in [2.24, 2.45) is 0 Å². The number of hydrogen-bond acceptors (Lipinski definition) is 5. The van der Waals surface area contributed by atoms with Crippen molar-refractivity contribution in [1.82, 2.24) is 4.98 Å². The Kier molecular flexibility index (Phi) is 6.96. The van der Waals surface area contributed by atoms with Crippen molar-refractivity contribution >= 4 is 68.9 Å². The summed E-state index contributed by atoms with van der Waals surface area (Å²) in [5.41, 5.74) is 0.970. The highest BCUT2D eigenvalue weighted by molar-refractivity contribution is 8.00. The molecule has 0 aliphatic carbocycles. The summed E-state index contributed by atoms with van der Waals surface area (Å²) in [6.07, 6.45) is 1.64. The molecule has 0 saturated heterocycles. The van der Waals surface area contributed by atoms with E-state index in [0.717, 1.165) is 4.90 Å². The molecule has 3 rings (SSSR count). The molecule has 3 aromatic rings. The van der Waals surface area contributed by atoms with Crippen LogP contribution in [0.25, 0.3) is 0 Å². The molecule has 1 atom stereocenters. The van der Waals surface area contributed by atoms with Crippen molar-refractivity contribution in [2.45, 2.75) is 17.1 Å². The fourth-order valence-electron chi connectivity index (χ4n) is 2.24. The average Bonchev–Trinajstić information content (AvgIpc) is 3.16. The first-order chi connectivity index (χ1) is 13.4. The Hall–Kier alpha value is -2.06. The third-order valence-corrected chi connectivity index (χ3v) is 5.98. The number of amides is 2. The van der Waals surface area contributed by atoms with Crippen LogP contribution in [0.2, 0.25) is 10.0 Å². The van der Waals surface area contributed by atoms with Crippen molar-refractivity contribution in [2.75, 3.05) is 10.6 Å². The lowest BCUT2D eigenvalue weighted by atomic mass is 10.2. The molecule has 0 fully saturated rings. The molecule has 0 aliphatic rings. The summed E-state index contributed by atoms with van der Waals surface area (Å²) in [6.45, 7) is 1.83. The van der Waals surface area contributed by atoms with Gasteiger partial charge in [-0.15, -0.1) is 23.1 Å². The smallest absolute Gasteiger partial charge is 0.257 e. The van der Waals surface area contributed by atoms with Gasteiger partial charge in [0, 0.05) is 27.2 Å². The number of halogens is 2. The minimum absolute atomic E-state index is 0.116. The summed E-state index contributed by atoms with van der Waals surface area (Å²) in [6, 6.07) is 11.9. The maximum Gasteiger partial charge on any atom is 0.257 e. The van der Waals surface area contributed by atoms with Crippen molar-refractivity contribution < 1.29 is 9.59 Å². The van der Waals surface area contributed by atoms with Crippen LogP contribution in [0, 0.1) is 0 Å². The van der Waals surface area contributed by atoms with E-state index < -0.39 is 0 Å². The number of nitrogens with one attached hydrogen (secondary N) is 2. The highest BCUT2D eigenvalue weighted by Gasteiger charge is 2.16. The number of hydrogen-bond donors (Lipinski definition) is 2. The van der Waals surface area contributed by atoms with Crippen LogP contribution in [0.5, 0.6) is 0 Å². The Labute approximate surface area is 180 Å². The Morgan fingerprint density at radius 3 is 2.50 bits per heavy atom. The van der Waals surface area contributed by atoms with Gasteiger partial charge in [0.15, 0.2) is 5.13 Å². The summed E-state index contributed by atoms with van der Waals surface area (Å²) in [5.74, 6) is -0.437. The van der Waals surface area contributed by atoms with Crippen LogP contribution in [0.4, 0.5) is 10.8 Å². The van der Waals surface area contributed by atoms with Gasteiger partial charge < -0.3 is 10.6 Å². The molecule has 1 unspecified atom stereocenters. The number of carbonyl (C=O) groups is 2. The third-order valence-electron chi connectivity index (χ3n) is 3.63. The van der Waals surface area contributed by atoms with Gasteiger partial charge in [0.25, 0.3) is 5.91 Å². The van der Waals surface area contributed by atoms with E-state index >= 15 is 0 Å². The molecular weight excluding hydrogens is 437 g/mol. The summed E-state index contributed by atoms with van der Waals surface area (Å²) in [7, 11) is 0. The van der Waals surface area contributed by atoms with Gasteiger partial charge in [0.1, 0.15) is 0 Å². The molecule has 0 aliphatic heterocycles. The van der Waals surface area contributed by atoms with E-state index in [1.165, 1.54) is 29.2 Å². The van der Waals surface area contributed by atoms with Crippen molar-refractivity contribution in [3.63, 3.8) is 0 Å². The summed E-state index contributed by atoms with van der Waals surface area (Å²) in [4.78, 5) is 29.5. The second kappa shape index (κ2) is 9.43. The standard InChI is InChI=1S/C19H15Cl2N3O2S2/c1-11(17(25)24-19-22-8-9-27-19)28-14-5-3-13(4-6-14)23-18(26)15-7-2-12(20)10-16(15)21/h2-11H,1H3,(H,23,26)(H,22,24,25). The lowest BCUT2D eigenvalue weighted by Gasteiger charge is -2.11. The molecule has 2 N–H and O–H groups in total. The molecule has 0 bridgehead atoms. The lowest BCUT2D eigenvalue weighted by Crippen LogP contribution is -2.22. The van der Waals surface area contributed by atoms with Crippen LogP contribution in [-0.2, 0) is 4.79 Å². The molecule has 0 saturated carbocycles. The van der Waals surface area contributed by atoms with Gasteiger partial charge in [0.2, 0.25) is 5.91 Å². The Morgan fingerprint density at radius 1 is 1.11 bits per heavy atom. The van der Waals surface area contributed by atoms with E-state index in [-0.39, 0.29) is 22.1 Å². The van der Waals surface area contributed by atoms with E-state index in [1.807, 2.05) is 19.1 Å². The number of carbonyl (C=O) groups excluding carboxylic acids is 2. The summed E-state index contributed by atoms with van der Waals surface area (Å²) < 4.78 is 0. The highest BCUT2D eigenvalue weighted by Crippen LogP contribution is 2.27. The monoisotopic (exact) mass is 451 g/mol. The normalized spacial score (nSPS) is 11.7. The number of thiazole rings is 1. The van der Waals surface area contributed by atoms with Gasteiger partial charge in [-0.05, 0) is 49.4 Å². The number of aromatic nitrogens is 1. The van der Waals surface area contributed by atoms with Crippen LogP contribution in [0.15, 0.2) is 58.9 Å². The maximum atomic E-state index is 12.3. The van der Waals surface area contributed by atoms with Crippen molar-refractivity contribution in [3.8, 4) is 0 Å². The average molecular weight is 452 g/mol. The molecule has 9 heteroatoms. The van der Waals surface area contributed by atoms with Crippen LogP contribution in [-0.4, -0.2) is 22.0 Å². The predicted molar refractivity (Wildman–Crippen MR) is 117 cm³/mol. The van der Waals surface area contributed by atoms with Gasteiger partial charge in [-0.3, -0.25) is 9.59 Å². The van der Waals surface area contributed by atoms with Gasteiger partial charge in [-0.2, -0.15) is 0 Å². The molecule has 0 radical (unpaired) electrons. The largest absolute Gasteiger partial charge is 0.322 e. The van der Waals surface area contributed by atoms with E-state index in [9.17, 15) is 9.59 Å². The van der Waals surface area contributed by atoms with Gasteiger partial charge in [-0.1, -0.05) is 23.2 Å². The predicted octanol–water partition coefficient (Wildman–Crippen LogP) is 5.82. The van der Waals surface area contributed by atoms with Crippen LogP contribution in [0.1, 0.15) is 17.3 Å². The van der Waals surface area contributed by atoms with E-state index in [2.05, 4.69) is 15.6 Å². The fourth-order valence-corrected chi connectivity index (χ4v) is 4.13. The number of benzene rings is 2. The zero-order valence-corrected chi connectivity index (χ0v) is 17.8. The molecule has 144 valence electrons. The molecule has 1 heterocycles. The number of anilines is 2. The molecule has 2 aromatic carbocycles. The first-order valence-corrected chi connectivity index (χ1v) is 10.7. The fraction of sp³-hybridized carbons (Fsp3) is 0.105. The SMILES string of the molecule is CC(Sc1ccc(NC(=O)c2ccc(Cl)cc2Cl)cc1)C(=O)Nc1nccs1. The van der Waals surface area contributed by atoms with E-state index in [1.54, 1.807) is 35.8 Å². The Bertz CT molecular complexity index is 979. The molecule has 2 amide bonds. The zero-order chi connectivity index (χ0) is 20.1. The van der Waals surface area contributed by atoms with Crippen LogP contribution in [0.3, 0.4) is 0 Å². The molecular formula is C19H15Cl2N3O2S2. The number of rotatable bonds is 6. The Balaban J connectivity index is 1.58. The molecule has 1 aromatic heterocycles. The molecule has 28 heavy (non-hydrogen) atoms. The first kappa shape index (κ1) is 20.7. The topological polar surface area (TPSA) is 71.1 Å². The minimum Gasteiger partial charge on any atom is -0.322 e. The lowest BCUT2D eigenvalue weighted by molar-refractivity contribution is -0.115. The van der Waals surface area contributed by atoms with Crippen molar-refractivity contribution in [3.05, 3.63) is 69.7 Å². The Morgan fingerprint density at radius 2 is 1.86 bits per heavy atom. The minimum atomic E-state index is -0.321. The molecule has 5 nitrogen and oxygen atoms in total. The molecule has 0 spiro atoms. The van der Waals surface area contributed by atoms with E-state index in [0.29, 0.717) is 21.4 Å².